The lowest BCUT2D eigenvalue weighted by Crippen LogP contribution is -2.45. The largest absolute Gasteiger partial charge is 0.394 e. The number of hydrogen-bond acceptors (Lipinski definition) is 3. The van der Waals surface area contributed by atoms with Crippen LogP contribution in [0.5, 0.6) is 0 Å². The van der Waals surface area contributed by atoms with E-state index in [0.29, 0.717) is 0 Å². The van der Waals surface area contributed by atoms with E-state index in [9.17, 15) is 0 Å². The number of aliphatic hydroxyl groups is 2. The van der Waals surface area contributed by atoms with E-state index >= 15 is 0 Å². The Morgan fingerprint density at radius 1 is 1.78 bits per heavy atom. The molecular weight excluding hydrogens is 120 g/mol. The molecule has 0 amide bonds. The molecule has 0 aromatic carbocycles. The van der Waals surface area contributed by atoms with E-state index < -0.39 is 6.10 Å². The predicted octanol–water partition coefficient (Wildman–Crippen LogP) is -0.483. The normalized spacial score (nSPS) is 37.7. The fraction of sp³-hybridized carbons (Fsp3) is 1.00. The van der Waals surface area contributed by atoms with Gasteiger partial charge in [0.25, 0.3) is 0 Å². The average molecular weight is 132 g/mol. The fourth-order valence-corrected chi connectivity index (χ4v) is 0.980. The number of aliphatic hydroxyl groups excluding tert-OH is 2. The lowest BCUT2D eigenvalue weighted by Gasteiger charge is -2.35. The lowest BCUT2D eigenvalue weighted by atomic mass is 10.0. The van der Waals surface area contributed by atoms with Crippen molar-refractivity contribution in [1.29, 1.82) is 0 Å². The number of hydrogen-bond donors (Lipinski definition) is 2. The third-order valence-electron chi connectivity index (χ3n) is 1.59. The molecule has 9 heavy (non-hydrogen) atoms. The Hall–Kier alpha value is -0.120. The van der Waals surface area contributed by atoms with Gasteiger partial charge in [-0.15, -0.1) is 0 Å². The van der Waals surface area contributed by atoms with E-state index in [1.807, 2.05) is 6.92 Å². The zero-order chi connectivity index (χ0) is 6.85. The predicted molar refractivity (Wildman–Crippen MR) is 32.0 cm³/mol. The maximum absolute atomic E-state index is 8.92. The van der Waals surface area contributed by atoms with Crippen LogP contribution in [-0.2, 0) is 4.74 Å². The first-order chi connectivity index (χ1) is 4.24. The van der Waals surface area contributed by atoms with Crippen molar-refractivity contribution in [3.8, 4) is 0 Å². The molecule has 1 fully saturated rings. The summed E-state index contributed by atoms with van der Waals surface area (Å²) in [6, 6.07) is 0. The van der Waals surface area contributed by atoms with Gasteiger partial charge < -0.3 is 14.9 Å². The van der Waals surface area contributed by atoms with Gasteiger partial charge >= 0.3 is 0 Å². The van der Waals surface area contributed by atoms with Crippen molar-refractivity contribution < 1.29 is 14.9 Å². The molecule has 1 saturated heterocycles. The Morgan fingerprint density at radius 3 is 2.67 bits per heavy atom. The molecule has 0 radical (unpaired) electrons. The van der Waals surface area contributed by atoms with Crippen LogP contribution in [0.15, 0.2) is 0 Å². The molecule has 3 atom stereocenters. The summed E-state index contributed by atoms with van der Waals surface area (Å²) in [4.78, 5) is 0. The van der Waals surface area contributed by atoms with Crippen molar-refractivity contribution in [3.63, 3.8) is 0 Å². The van der Waals surface area contributed by atoms with Crippen molar-refractivity contribution in [2.45, 2.75) is 31.7 Å². The SMILES string of the molecule is CC1CC(C(O)CO)O1. The van der Waals surface area contributed by atoms with Gasteiger partial charge in [-0.1, -0.05) is 0 Å². The second kappa shape index (κ2) is 2.64. The molecule has 0 saturated carbocycles. The van der Waals surface area contributed by atoms with E-state index in [1.165, 1.54) is 0 Å². The van der Waals surface area contributed by atoms with Crippen LogP contribution in [0, 0.1) is 0 Å². The molecule has 0 aromatic heterocycles. The van der Waals surface area contributed by atoms with Gasteiger partial charge in [0, 0.05) is 6.42 Å². The van der Waals surface area contributed by atoms with Crippen LogP contribution in [0.3, 0.4) is 0 Å². The molecule has 0 bridgehead atoms. The van der Waals surface area contributed by atoms with Crippen LogP contribution in [0.1, 0.15) is 13.3 Å². The quantitative estimate of drug-likeness (QED) is 0.533. The highest BCUT2D eigenvalue weighted by Gasteiger charge is 2.31. The molecule has 0 aliphatic carbocycles. The minimum Gasteiger partial charge on any atom is -0.394 e. The lowest BCUT2D eigenvalue weighted by molar-refractivity contribution is -0.170. The third kappa shape index (κ3) is 1.41. The van der Waals surface area contributed by atoms with Crippen LogP contribution in [-0.4, -0.2) is 35.1 Å². The van der Waals surface area contributed by atoms with E-state index in [1.54, 1.807) is 0 Å². The summed E-state index contributed by atoms with van der Waals surface area (Å²) in [6.07, 6.45) is 0.323. The van der Waals surface area contributed by atoms with Crippen molar-refractivity contribution >= 4 is 0 Å². The fourth-order valence-electron chi connectivity index (χ4n) is 0.980. The smallest absolute Gasteiger partial charge is 0.103 e. The van der Waals surface area contributed by atoms with E-state index in [0.717, 1.165) is 6.42 Å². The Labute approximate surface area is 54.3 Å². The molecule has 1 aliphatic heterocycles. The van der Waals surface area contributed by atoms with E-state index in [4.69, 9.17) is 14.9 Å². The minimum atomic E-state index is -0.679. The molecule has 0 spiro atoms. The topological polar surface area (TPSA) is 49.7 Å². The maximum atomic E-state index is 8.92. The molecule has 54 valence electrons. The summed E-state index contributed by atoms with van der Waals surface area (Å²) < 4.78 is 5.08. The van der Waals surface area contributed by atoms with Crippen molar-refractivity contribution in [2.24, 2.45) is 0 Å². The average Bonchev–Trinajstić information content (AvgIpc) is 1.79. The third-order valence-corrected chi connectivity index (χ3v) is 1.59. The van der Waals surface area contributed by atoms with Gasteiger partial charge in [-0.25, -0.2) is 0 Å². The van der Waals surface area contributed by atoms with E-state index in [-0.39, 0.29) is 18.8 Å². The van der Waals surface area contributed by atoms with Crippen LogP contribution in [0.4, 0.5) is 0 Å². The van der Waals surface area contributed by atoms with Gasteiger partial charge in [-0.3, -0.25) is 0 Å². The molecule has 0 aromatic rings. The Balaban J connectivity index is 2.15. The Morgan fingerprint density at radius 2 is 2.33 bits per heavy atom. The van der Waals surface area contributed by atoms with Gasteiger partial charge in [0.05, 0.1) is 18.8 Å². The first-order valence-electron chi connectivity index (χ1n) is 3.18. The van der Waals surface area contributed by atoms with Gasteiger partial charge in [0.2, 0.25) is 0 Å². The Bertz CT molecular complexity index is 88.3. The maximum Gasteiger partial charge on any atom is 0.103 e. The van der Waals surface area contributed by atoms with Crippen LogP contribution >= 0.6 is 0 Å². The molecule has 1 heterocycles. The molecule has 3 nitrogen and oxygen atoms in total. The number of rotatable bonds is 2. The van der Waals surface area contributed by atoms with Gasteiger partial charge in [-0.05, 0) is 6.92 Å². The first kappa shape index (κ1) is 6.99. The summed E-state index contributed by atoms with van der Waals surface area (Å²) >= 11 is 0. The van der Waals surface area contributed by atoms with Gasteiger partial charge in [0.15, 0.2) is 0 Å². The summed E-state index contributed by atoms with van der Waals surface area (Å²) in [5.74, 6) is 0. The van der Waals surface area contributed by atoms with Gasteiger partial charge in [0.1, 0.15) is 6.10 Å². The zero-order valence-corrected chi connectivity index (χ0v) is 5.45. The summed E-state index contributed by atoms with van der Waals surface area (Å²) in [7, 11) is 0. The van der Waals surface area contributed by atoms with Crippen LogP contribution in [0.25, 0.3) is 0 Å². The number of ether oxygens (including phenoxy) is 1. The molecular formula is C6H12O3. The summed E-state index contributed by atoms with van der Waals surface area (Å²) in [6.45, 7) is 1.75. The second-order valence-corrected chi connectivity index (χ2v) is 2.47. The standard InChI is InChI=1S/C6H12O3/c1-4-2-6(9-4)5(8)3-7/h4-8H,2-3H2,1H3. The highest BCUT2D eigenvalue weighted by atomic mass is 16.5. The minimum absolute atomic E-state index is 0.120. The summed E-state index contributed by atoms with van der Waals surface area (Å²) in [5, 5.41) is 17.3. The van der Waals surface area contributed by atoms with Crippen LogP contribution in [0.2, 0.25) is 0 Å². The second-order valence-electron chi connectivity index (χ2n) is 2.47. The molecule has 2 N–H and O–H groups in total. The highest BCUT2D eigenvalue weighted by Crippen LogP contribution is 2.22. The molecule has 1 rings (SSSR count). The van der Waals surface area contributed by atoms with Crippen molar-refractivity contribution in [1.82, 2.24) is 0 Å². The summed E-state index contributed by atoms with van der Waals surface area (Å²) in [5.41, 5.74) is 0. The highest BCUT2D eigenvalue weighted by molar-refractivity contribution is 4.79. The van der Waals surface area contributed by atoms with Crippen molar-refractivity contribution in [3.05, 3.63) is 0 Å². The van der Waals surface area contributed by atoms with Crippen molar-refractivity contribution in [2.75, 3.05) is 6.61 Å². The Kier molecular flexibility index (Phi) is 2.05. The monoisotopic (exact) mass is 132 g/mol. The molecule has 1 aliphatic rings. The first-order valence-corrected chi connectivity index (χ1v) is 3.18. The van der Waals surface area contributed by atoms with Crippen LogP contribution < -0.4 is 0 Å². The molecule has 3 heteroatoms. The van der Waals surface area contributed by atoms with E-state index in [2.05, 4.69) is 0 Å². The molecule has 3 unspecified atom stereocenters. The zero-order valence-electron chi connectivity index (χ0n) is 5.45. The van der Waals surface area contributed by atoms with Gasteiger partial charge in [-0.2, -0.15) is 0 Å².